The molecule has 0 unspecified atom stereocenters. The number of rotatable bonds is 5. The molecule has 1 aliphatic rings. The van der Waals surface area contributed by atoms with Crippen LogP contribution in [-0.4, -0.2) is 48.6 Å². The number of benzene rings is 2. The molecule has 0 atom stereocenters. The Kier molecular flexibility index (Phi) is 6.01. The van der Waals surface area contributed by atoms with E-state index in [1.54, 1.807) is 0 Å². The molecule has 24 heavy (non-hydrogen) atoms. The first-order valence-corrected chi connectivity index (χ1v) is 9.40. The van der Waals surface area contributed by atoms with Gasteiger partial charge in [0.1, 0.15) is 12.4 Å². The fraction of sp³-hybridized carbons (Fsp3) is 0.316. The van der Waals surface area contributed by atoms with Gasteiger partial charge in [-0.15, -0.1) is 0 Å². The summed E-state index contributed by atoms with van der Waals surface area (Å²) in [6.45, 7) is 3.06. The van der Waals surface area contributed by atoms with Gasteiger partial charge in [-0.1, -0.05) is 48.5 Å². The molecule has 0 bridgehead atoms. The van der Waals surface area contributed by atoms with Crippen molar-refractivity contribution in [3.05, 3.63) is 54.6 Å². The highest BCUT2D eigenvalue weighted by atomic mass is 32.2. The van der Waals surface area contributed by atoms with Crippen LogP contribution in [0, 0.1) is 0 Å². The largest absolute Gasteiger partial charge is 0.491 e. The third kappa shape index (κ3) is 4.45. The molecule has 0 saturated carbocycles. The Morgan fingerprint density at radius 3 is 2.54 bits per heavy atom. The summed E-state index contributed by atoms with van der Waals surface area (Å²) in [5.41, 5.74) is 8.31. The average Bonchev–Trinajstić information content (AvgIpc) is 2.67. The molecule has 0 aliphatic carbocycles. The van der Waals surface area contributed by atoms with Gasteiger partial charge in [-0.2, -0.15) is 11.8 Å². The quantitative estimate of drug-likeness (QED) is 0.516. The Labute approximate surface area is 147 Å². The highest BCUT2D eigenvalue weighted by molar-refractivity contribution is 7.99. The second-order valence-corrected chi connectivity index (χ2v) is 6.77. The summed E-state index contributed by atoms with van der Waals surface area (Å²) in [4.78, 5) is 6.60. The lowest BCUT2D eigenvalue weighted by Crippen LogP contribution is -2.42. The first-order chi connectivity index (χ1) is 11.8. The van der Waals surface area contributed by atoms with Crippen molar-refractivity contribution in [1.29, 1.82) is 0 Å². The summed E-state index contributed by atoms with van der Waals surface area (Å²) in [6, 6.07) is 18.4. The molecule has 0 aromatic heterocycles. The molecule has 0 radical (unpaired) electrons. The molecule has 0 spiro atoms. The van der Waals surface area contributed by atoms with Crippen molar-refractivity contribution >= 4 is 17.7 Å². The van der Waals surface area contributed by atoms with E-state index in [4.69, 9.17) is 10.5 Å². The summed E-state index contributed by atoms with van der Waals surface area (Å²) in [6.07, 6.45) is 0. The van der Waals surface area contributed by atoms with E-state index in [0.717, 1.165) is 41.5 Å². The molecule has 1 saturated heterocycles. The van der Waals surface area contributed by atoms with Crippen molar-refractivity contribution in [3.8, 4) is 16.9 Å². The summed E-state index contributed by atoms with van der Waals surface area (Å²) in [5, 5.41) is 0. The molecule has 126 valence electrons. The van der Waals surface area contributed by atoms with E-state index in [9.17, 15) is 0 Å². The standard InChI is InChI=1S/C19H23N3OS/c20-19(22-11-14-24-15-12-22)21-10-13-23-18-9-5-4-8-17(18)16-6-2-1-3-7-16/h1-9H,10-15H2,(H2,20,21). The number of nitrogens with zero attached hydrogens (tertiary/aromatic N) is 2. The van der Waals surface area contributed by atoms with E-state index in [0.29, 0.717) is 19.1 Å². The van der Waals surface area contributed by atoms with Gasteiger partial charge in [0.2, 0.25) is 0 Å². The van der Waals surface area contributed by atoms with Crippen LogP contribution in [0.5, 0.6) is 5.75 Å². The van der Waals surface area contributed by atoms with Gasteiger partial charge in [0.25, 0.3) is 0 Å². The van der Waals surface area contributed by atoms with Crippen LogP contribution in [0.1, 0.15) is 0 Å². The predicted octanol–water partition coefficient (Wildman–Crippen LogP) is 3.10. The highest BCUT2D eigenvalue weighted by Crippen LogP contribution is 2.29. The van der Waals surface area contributed by atoms with Crippen molar-refractivity contribution in [2.24, 2.45) is 10.7 Å². The fourth-order valence-corrected chi connectivity index (χ4v) is 3.56. The molecule has 1 aliphatic heterocycles. The van der Waals surface area contributed by atoms with Crippen LogP contribution >= 0.6 is 11.8 Å². The average molecular weight is 341 g/mol. The highest BCUT2D eigenvalue weighted by Gasteiger charge is 2.11. The van der Waals surface area contributed by atoms with E-state index in [1.165, 1.54) is 0 Å². The molecular weight excluding hydrogens is 318 g/mol. The number of para-hydroxylation sites is 1. The Morgan fingerprint density at radius 2 is 1.75 bits per heavy atom. The van der Waals surface area contributed by atoms with E-state index < -0.39 is 0 Å². The Hall–Kier alpha value is -2.14. The van der Waals surface area contributed by atoms with Gasteiger partial charge >= 0.3 is 0 Å². The molecule has 0 amide bonds. The topological polar surface area (TPSA) is 50.9 Å². The van der Waals surface area contributed by atoms with Crippen LogP contribution in [0.3, 0.4) is 0 Å². The minimum atomic E-state index is 0.521. The van der Waals surface area contributed by atoms with Gasteiger partial charge in [0, 0.05) is 30.2 Å². The van der Waals surface area contributed by atoms with Crippen LogP contribution < -0.4 is 10.5 Å². The first-order valence-electron chi connectivity index (χ1n) is 8.24. The van der Waals surface area contributed by atoms with Gasteiger partial charge in [-0.3, -0.25) is 0 Å². The minimum absolute atomic E-state index is 0.521. The molecular formula is C19H23N3OS. The van der Waals surface area contributed by atoms with E-state index >= 15 is 0 Å². The lowest BCUT2D eigenvalue weighted by molar-refractivity contribution is 0.328. The number of thioether (sulfide) groups is 1. The minimum Gasteiger partial charge on any atom is -0.491 e. The van der Waals surface area contributed by atoms with Gasteiger partial charge in [0.15, 0.2) is 5.96 Å². The SMILES string of the molecule is NC(=NCCOc1ccccc1-c1ccccc1)N1CCSCC1. The summed E-state index contributed by atoms with van der Waals surface area (Å²) < 4.78 is 5.94. The number of ether oxygens (including phenoxy) is 1. The maximum Gasteiger partial charge on any atom is 0.191 e. The zero-order valence-electron chi connectivity index (χ0n) is 13.7. The Morgan fingerprint density at radius 1 is 1.04 bits per heavy atom. The number of hydrogen-bond donors (Lipinski definition) is 1. The molecule has 2 N–H and O–H groups in total. The van der Waals surface area contributed by atoms with Crippen molar-refractivity contribution in [1.82, 2.24) is 4.90 Å². The third-order valence-electron chi connectivity index (χ3n) is 3.93. The Balaban J connectivity index is 1.57. The smallest absolute Gasteiger partial charge is 0.191 e. The van der Waals surface area contributed by atoms with Gasteiger partial charge in [0.05, 0.1) is 6.54 Å². The Bertz CT molecular complexity index is 669. The molecule has 1 heterocycles. The molecule has 1 fully saturated rings. The van der Waals surface area contributed by atoms with Crippen molar-refractivity contribution in [3.63, 3.8) is 0 Å². The molecule has 2 aromatic carbocycles. The van der Waals surface area contributed by atoms with Gasteiger partial charge in [-0.25, -0.2) is 4.99 Å². The van der Waals surface area contributed by atoms with Crippen LogP contribution in [0.4, 0.5) is 0 Å². The van der Waals surface area contributed by atoms with Gasteiger partial charge < -0.3 is 15.4 Å². The number of guanidine groups is 1. The predicted molar refractivity (Wildman–Crippen MR) is 103 cm³/mol. The normalized spacial score (nSPS) is 15.3. The zero-order chi connectivity index (χ0) is 16.6. The fourth-order valence-electron chi connectivity index (χ4n) is 2.66. The monoisotopic (exact) mass is 341 g/mol. The zero-order valence-corrected chi connectivity index (χ0v) is 14.5. The van der Waals surface area contributed by atoms with E-state index in [1.807, 2.05) is 48.2 Å². The van der Waals surface area contributed by atoms with Crippen molar-refractivity contribution in [2.45, 2.75) is 0 Å². The third-order valence-corrected chi connectivity index (χ3v) is 4.87. The second-order valence-electron chi connectivity index (χ2n) is 5.55. The summed E-state index contributed by atoms with van der Waals surface area (Å²) in [5.74, 6) is 3.76. The molecule has 4 nitrogen and oxygen atoms in total. The number of hydrogen-bond acceptors (Lipinski definition) is 3. The second kappa shape index (κ2) is 8.64. The summed E-state index contributed by atoms with van der Waals surface area (Å²) in [7, 11) is 0. The first kappa shape index (κ1) is 16.7. The number of nitrogens with two attached hydrogens (primary N) is 1. The van der Waals surface area contributed by atoms with Gasteiger partial charge in [-0.05, 0) is 11.6 Å². The van der Waals surface area contributed by atoms with Crippen LogP contribution in [0.2, 0.25) is 0 Å². The number of aliphatic imine (C=N–C) groups is 1. The summed E-state index contributed by atoms with van der Waals surface area (Å²) >= 11 is 1.96. The van der Waals surface area contributed by atoms with E-state index in [2.05, 4.69) is 28.1 Å². The van der Waals surface area contributed by atoms with Crippen molar-refractivity contribution in [2.75, 3.05) is 37.7 Å². The van der Waals surface area contributed by atoms with Crippen LogP contribution in [-0.2, 0) is 0 Å². The maximum atomic E-state index is 6.06. The lowest BCUT2D eigenvalue weighted by Gasteiger charge is -2.27. The molecule has 5 heteroatoms. The van der Waals surface area contributed by atoms with Crippen molar-refractivity contribution < 1.29 is 4.74 Å². The molecule has 3 rings (SSSR count). The molecule has 2 aromatic rings. The maximum absolute atomic E-state index is 6.06. The van der Waals surface area contributed by atoms with E-state index in [-0.39, 0.29) is 0 Å². The van der Waals surface area contributed by atoms with Crippen LogP contribution in [0.25, 0.3) is 11.1 Å². The van der Waals surface area contributed by atoms with Crippen LogP contribution in [0.15, 0.2) is 59.6 Å². The lowest BCUT2D eigenvalue weighted by atomic mass is 10.1.